The van der Waals surface area contributed by atoms with Crippen molar-refractivity contribution in [2.75, 3.05) is 43.0 Å². The second-order valence-corrected chi connectivity index (χ2v) is 7.04. The molecule has 0 unspecified atom stereocenters. The van der Waals surface area contributed by atoms with Gasteiger partial charge in [-0.15, -0.1) is 10.2 Å². The summed E-state index contributed by atoms with van der Waals surface area (Å²) >= 11 is 0. The summed E-state index contributed by atoms with van der Waals surface area (Å²) in [5.41, 5.74) is 1.02. The first-order chi connectivity index (χ1) is 14.7. The number of anilines is 3. The summed E-state index contributed by atoms with van der Waals surface area (Å²) in [7, 11) is 0. The zero-order valence-corrected chi connectivity index (χ0v) is 16.9. The van der Waals surface area contributed by atoms with Crippen molar-refractivity contribution in [3.63, 3.8) is 0 Å². The fourth-order valence-electron chi connectivity index (χ4n) is 3.26. The van der Waals surface area contributed by atoms with E-state index in [9.17, 15) is 4.79 Å². The number of para-hydroxylation sites is 1. The number of pyridine rings is 1. The van der Waals surface area contributed by atoms with Gasteiger partial charge in [0.15, 0.2) is 18.2 Å². The Morgan fingerprint density at radius 2 is 1.77 bits per heavy atom. The van der Waals surface area contributed by atoms with E-state index in [-0.39, 0.29) is 12.5 Å². The number of carbonyl (C=O) groups excluding carboxylic acids is 1. The minimum Gasteiger partial charge on any atom is -0.484 e. The van der Waals surface area contributed by atoms with Crippen LogP contribution in [0.4, 0.5) is 17.5 Å². The van der Waals surface area contributed by atoms with E-state index in [4.69, 9.17) is 4.74 Å². The topological polar surface area (TPSA) is 83.5 Å². The normalized spacial score (nSPS) is 13.8. The minimum absolute atomic E-state index is 0.00102. The van der Waals surface area contributed by atoms with E-state index in [1.54, 1.807) is 6.20 Å². The molecule has 4 rings (SSSR count). The molecule has 0 aliphatic carbocycles. The highest BCUT2D eigenvalue weighted by molar-refractivity contribution is 5.78. The zero-order valence-electron chi connectivity index (χ0n) is 16.9. The third-order valence-corrected chi connectivity index (χ3v) is 4.97. The largest absolute Gasteiger partial charge is 0.484 e. The molecule has 0 bridgehead atoms. The molecule has 0 radical (unpaired) electrons. The zero-order chi connectivity index (χ0) is 20.8. The van der Waals surface area contributed by atoms with Gasteiger partial charge >= 0.3 is 0 Å². The van der Waals surface area contributed by atoms with Crippen molar-refractivity contribution in [1.29, 1.82) is 0 Å². The smallest absolute Gasteiger partial charge is 0.260 e. The maximum atomic E-state index is 12.5. The van der Waals surface area contributed by atoms with Gasteiger partial charge in [-0.1, -0.05) is 24.3 Å². The highest BCUT2D eigenvalue weighted by atomic mass is 16.5. The molecule has 1 fully saturated rings. The predicted octanol–water partition coefficient (Wildman–Crippen LogP) is 2.65. The lowest BCUT2D eigenvalue weighted by atomic mass is 10.2. The van der Waals surface area contributed by atoms with Crippen molar-refractivity contribution in [1.82, 2.24) is 20.1 Å². The Morgan fingerprint density at radius 3 is 2.47 bits per heavy atom. The van der Waals surface area contributed by atoms with Gasteiger partial charge in [0.1, 0.15) is 11.6 Å². The lowest BCUT2D eigenvalue weighted by Crippen LogP contribution is -2.50. The molecule has 2 aromatic heterocycles. The van der Waals surface area contributed by atoms with Crippen molar-refractivity contribution in [2.24, 2.45) is 0 Å². The number of nitrogens with zero attached hydrogens (tertiary/aromatic N) is 5. The molecule has 1 N–H and O–H groups in total. The Labute approximate surface area is 175 Å². The molecule has 0 saturated carbocycles. The Bertz CT molecular complexity index is 972. The van der Waals surface area contributed by atoms with E-state index in [0.717, 1.165) is 22.9 Å². The van der Waals surface area contributed by atoms with E-state index in [0.29, 0.717) is 32.0 Å². The average molecular weight is 404 g/mol. The molecule has 30 heavy (non-hydrogen) atoms. The summed E-state index contributed by atoms with van der Waals surface area (Å²) in [4.78, 5) is 20.7. The van der Waals surface area contributed by atoms with Gasteiger partial charge in [0.2, 0.25) is 0 Å². The van der Waals surface area contributed by atoms with Crippen LogP contribution in [0.1, 0.15) is 5.56 Å². The van der Waals surface area contributed by atoms with Gasteiger partial charge in [-0.3, -0.25) is 4.79 Å². The van der Waals surface area contributed by atoms with Crippen LogP contribution in [0.3, 0.4) is 0 Å². The SMILES string of the molecule is Cc1ccccc1OCC(=O)N1CCN(c2ccc(Nc3ccccn3)nn2)CC1. The highest BCUT2D eigenvalue weighted by Gasteiger charge is 2.22. The Hall–Kier alpha value is -3.68. The Morgan fingerprint density at radius 1 is 0.967 bits per heavy atom. The summed E-state index contributed by atoms with van der Waals surface area (Å²) in [5, 5.41) is 11.7. The fraction of sp³-hybridized carbons (Fsp3) is 0.273. The first-order valence-electron chi connectivity index (χ1n) is 9.92. The van der Waals surface area contributed by atoms with Crippen molar-refractivity contribution >= 4 is 23.4 Å². The molecule has 8 heteroatoms. The number of nitrogens with one attached hydrogen (secondary N) is 1. The molecule has 3 aromatic rings. The number of aromatic nitrogens is 3. The molecule has 1 saturated heterocycles. The van der Waals surface area contributed by atoms with Crippen LogP contribution in [0.25, 0.3) is 0 Å². The number of amides is 1. The fourth-order valence-corrected chi connectivity index (χ4v) is 3.26. The second kappa shape index (κ2) is 9.21. The maximum absolute atomic E-state index is 12.5. The van der Waals surface area contributed by atoms with Crippen LogP contribution < -0.4 is 15.0 Å². The van der Waals surface area contributed by atoms with Crippen LogP contribution in [0.2, 0.25) is 0 Å². The van der Waals surface area contributed by atoms with Gasteiger partial charge in [-0.05, 0) is 42.8 Å². The van der Waals surface area contributed by atoms with Gasteiger partial charge in [0, 0.05) is 32.4 Å². The lowest BCUT2D eigenvalue weighted by molar-refractivity contribution is -0.133. The van der Waals surface area contributed by atoms with E-state index < -0.39 is 0 Å². The van der Waals surface area contributed by atoms with Crippen molar-refractivity contribution < 1.29 is 9.53 Å². The number of hydrogen-bond donors (Lipinski definition) is 1. The summed E-state index contributed by atoms with van der Waals surface area (Å²) < 4.78 is 5.69. The molecular formula is C22H24N6O2. The predicted molar refractivity (Wildman–Crippen MR) is 115 cm³/mol. The molecule has 1 amide bonds. The minimum atomic E-state index is -0.00102. The van der Waals surface area contributed by atoms with Crippen LogP contribution in [0, 0.1) is 6.92 Å². The van der Waals surface area contributed by atoms with Crippen LogP contribution >= 0.6 is 0 Å². The van der Waals surface area contributed by atoms with Gasteiger partial charge in [-0.2, -0.15) is 0 Å². The summed E-state index contributed by atoms with van der Waals surface area (Å²) in [6, 6.07) is 17.2. The van der Waals surface area contributed by atoms with Gasteiger partial charge in [0.05, 0.1) is 0 Å². The average Bonchev–Trinajstić information content (AvgIpc) is 2.80. The van der Waals surface area contributed by atoms with E-state index in [2.05, 4.69) is 25.4 Å². The summed E-state index contributed by atoms with van der Waals surface area (Å²) in [6.07, 6.45) is 1.72. The van der Waals surface area contributed by atoms with E-state index in [1.807, 2.05) is 66.4 Å². The molecule has 1 aromatic carbocycles. The first-order valence-corrected chi connectivity index (χ1v) is 9.92. The van der Waals surface area contributed by atoms with Gasteiger partial charge < -0.3 is 19.9 Å². The third kappa shape index (κ3) is 4.83. The molecule has 0 spiro atoms. The molecule has 0 atom stereocenters. The number of rotatable bonds is 6. The van der Waals surface area contributed by atoms with E-state index >= 15 is 0 Å². The summed E-state index contributed by atoms with van der Waals surface area (Å²) in [6.45, 7) is 4.70. The van der Waals surface area contributed by atoms with Gasteiger partial charge in [0.25, 0.3) is 5.91 Å². The van der Waals surface area contributed by atoms with Crippen LogP contribution in [0.5, 0.6) is 5.75 Å². The van der Waals surface area contributed by atoms with Crippen LogP contribution in [-0.4, -0.2) is 58.8 Å². The second-order valence-electron chi connectivity index (χ2n) is 7.04. The number of benzene rings is 1. The van der Waals surface area contributed by atoms with Gasteiger partial charge in [-0.25, -0.2) is 4.98 Å². The number of ether oxygens (including phenoxy) is 1. The van der Waals surface area contributed by atoms with Crippen LogP contribution in [0.15, 0.2) is 60.8 Å². The van der Waals surface area contributed by atoms with E-state index in [1.165, 1.54) is 0 Å². The number of piperazine rings is 1. The maximum Gasteiger partial charge on any atom is 0.260 e. The molecule has 154 valence electrons. The van der Waals surface area contributed by atoms with Crippen molar-refractivity contribution in [2.45, 2.75) is 6.92 Å². The molecule has 1 aliphatic rings. The standard InChI is InChI=1S/C22H24N6O2/c1-17-6-2-3-7-18(17)30-16-22(29)28-14-12-27(13-15-28)21-10-9-20(25-26-21)24-19-8-4-5-11-23-19/h2-11H,12-16H2,1H3,(H,23,24,25). The molecular weight excluding hydrogens is 380 g/mol. The summed E-state index contributed by atoms with van der Waals surface area (Å²) in [5.74, 6) is 2.90. The van der Waals surface area contributed by atoms with Crippen LogP contribution in [-0.2, 0) is 4.79 Å². The van der Waals surface area contributed by atoms with Crippen molar-refractivity contribution in [3.05, 3.63) is 66.4 Å². The third-order valence-electron chi connectivity index (χ3n) is 4.97. The first kappa shape index (κ1) is 19.6. The highest BCUT2D eigenvalue weighted by Crippen LogP contribution is 2.18. The number of hydrogen-bond acceptors (Lipinski definition) is 7. The Kier molecular flexibility index (Phi) is 6.03. The quantitative estimate of drug-likeness (QED) is 0.676. The van der Waals surface area contributed by atoms with Crippen molar-refractivity contribution in [3.8, 4) is 5.75 Å². The Balaban J connectivity index is 1.27. The monoisotopic (exact) mass is 404 g/mol. The molecule has 1 aliphatic heterocycles. The lowest BCUT2D eigenvalue weighted by Gasteiger charge is -2.35. The number of aryl methyl sites for hydroxylation is 1. The molecule has 3 heterocycles. The number of carbonyl (C=O) groups is 1. The molecule has 8 nitrogen and oxygen atoms in total.